The second-order valence-corrected chi connectivity index (χ2v) is 4.43. The Labute approximate surface area is 86.5 Å². The Morgan fingerprint density at radius 3 is 2.64 bits per heavy atom. The maximum Gasteiger partial charge on any atom is 0.0534 e. The number of nitrogens with one attached hydrogen (secondary N) is 1. The molecule has 0 aliphatic rings. The lowest BCUT2D eigenvalue weighted by atomic mass is 10.1. The van der Waals surface area contributed by atoms with Gasteiger partial charge in [-0.1, -0.05) is 13.8 Å². The van der Waals surface area contributed by atoms with E-state index in [-0.39, 0.29) is 0 Å². The molecule has 80 valence electrons. The maximum absolute atomic E-state index is 4.13. The molecular weight excluding hydrogens is 174 g/mol. The van der Waals surface area contributed by atoms with Crippen molar-refractivity contribution in [3.8, 4) is 0 Å². The zero-order valence-electron chi connectivity index (χ0n) is 9.62. The van der Waals surface area contributed by atoms with Crippen LogP contribution in [-0.4, -0.2) is 15.8 Å². The molecule has 1 heterocycles. The van der Waals surface area contributed by atoms with E-state index in [4.69, 9.17) is 0 Å². The molecule has 0 fully saturated rings. The molecule has 1 atom stereocenters. The summed E-state index contributed by atoms with van der Waals surface area (Å²) in [6.07, 6.45) is 5.18. The standard InChI is InChI=1S/C11H21N3/c1-9(2)5-10(3)12-6-11-7-13-14(4)8-11/h7-10,12H,5-6H2,1-4H3/t10-/m1/s1. The van der Waals surface area contributed by atoms with Crippen LogP contribution in [0.15, 0.2) is 12.4 Å². The van der Waals surface area contributed by atoms with Gasteiger partial charge in [0.25, 0.3) is 0 Å². The third-order valence-electron chi connectivity index (χ3n) is 2.24. The van der Waals surface area contributed by atoms with Crippen LogP contribution in [0.25, 0.3) is 0 Å². The minimum Gasteiger partial charge on any atom is -0.310 e. The number of hydrogen-bond acceptors (Lipinski definition) is 2. The molecule has 3 heteroatoms. The van der Waals surface area contributed by atoms with Crippen molar-refractivity contribution < 1.29 is 0 Å². The lowest BCUT2D eigenvalue weighted by Gasteiger charge is -2.14. The largest absolute Gasteiger partial charge is 0.310 e. The lowest BCUT2D eigenvalue weighted by molar-refractivity contribution is 0.441. The van der Waals surface area contributed by atoms with Gasteiger partial charge in [-0.05, 0) is 19.3 Å². The summed E-state index contributed by atoms with van der Waals surface area (Å²) >= 11 is 0. The summed E-state index contributed by atoms with van der Waals surface area (Å²) < 4.78 is 1.84. The van der Waals surface area contributed by atoms with Gasteiger partial charge in [-0.25, -0.2) is 0 Å². The highest BCUT2D eigenvalue weighted by Crippen LogP contribution is 2.05. The molecule has 14 heavy (non-hydrogen) atoms. The highest BCUT2D eigenvalue weighted by atomic mass is 15.2. The summed E-state index contributed by atoms with van der Waals surface area (Å²) in [5.41, 5.74) is 1.25. The highest BCUT2D eigenvalue weighted by Gasteiger charge is 2.04. The summed E-state index contributed by atoms with van der Waals surface area (Å²) in [7, 11) is 1.95. The first-order valence-corrected chi connectivity index (χ1v) is 5.29. The lowest BCUT2D eigenvalue weighted by Crippen LogP contribution is -2.26. The van der Waals surface area contributed by atoms with Crippen molar-refractivity contribution in [2.24, 2.45) is 13.0 Å². The van der Waals surface area contributed by atoms with Crippen molar-refractivity contribution in [3.63, 3.8) is 0 Å². The molecule has 0 aliphatic carbocycles. The van der Waals surface area contributed by atoms with Crippen molar-refractivity contribution in [1.82, 2.24) is 15.1 Å². The van der Waals surface area contributed by atoms with Crippen molar-refractivity contribution in [2.75, 3.05) is 0 Å². The number of aryl methyl sites for hydroxylation is 1. The SMILES string of the molecule is CC(C)C[C@@H](C)NCc1cnn(C)c1. The molecule has 0 amide bonds. The van der Waals surface area contributed by atoms with E-state index in [2.05, 4.69) is 37.4 Å². The average Bonchev–Trinajstić information content (AvgIpc) is 2.47. The Kier molecular flexibility index (Phi) is 4.14. The fraction of sp³-hybridized carbons (Fsp3) is 0.727. The van der Waals surface area contributed by atoms with Gasteiger partial charge < -0.3 is 5.32 Å². The third-order valence-corrected chi connectivity index (χ3v) is 2.24. The molecule has 1 aromatic rings. The van der Waals surface area contributed by atoms with Crippen molar-refractivity contribution >= 4 is 0 Å². The molecular formula is C11H21N3. The van der Waals surface area contributed by atoms with E-state index in [0.717, 1.165) is 12.5 Å². The fourth-order valence-corrected chi connectivity index (χ4v) is 1.65. The van der Waals surface area contributed by atoms with E-state index in [0.29, 0.717) is 6.04 Å². The second-order valence-electron chi connectivity index (χ2n) is 4.43. The number of rotatable bonds is 5. The van der Waals surface area contributed by atoms with Gasteiger partial charge in [0.15, 0.2) is 0 Å². The fourth-order valence-electron chi connectivity index (χ4n) is 1.65. The number of hydrogen-bond donors (Lipinski definition) is 1. The van der Waals surface area contributed by atoms with E-state index in [1.807, 2.05) is 17.9 Å². The first-order chi connectivity index (χ1) is 6.58. The Morgan fingerprint density at radius 1 is 1.43 bits per heavy atom. The molecule has 0 unspecified atom stereocenters. The third kappa shape index (κ3) is 3.92. The Bertz CT molecular complexity index is 265. The van der Waals surface area contributed by atoms with Crippen molar-refractivity contribution in [2.45, 2.75) is 39.8 Å². The molecule has 1 N–H and O–H groups in total. The van der Waals surface area contributed by atoms with Crippen LogP contribution < -0.4 is 5.32 Å². The molecule has 0 aromatic carbocycles. The van der Waals surface area contributed by atoms with Crippen LogP contribution in [0.3, 0.4) is 0 Å². The quantitative estimate of drug-likeness (QED) is 0.778. The normalized spacial score (nSPS) is 13.5. The van der Waals surface area contributed by atoms with Gasteiger partial charge in [-0.3, -0.25) is 4.68 Å². The number of aromatic nitrogens is 2. The van der Waals surface area contributed by atoms with E-state index in [1.165, 1.54) is 12.0 Å². The van der Waals surface area contributed by atoms with Crippen LogP contribution in [-0.2, 0) is 13.6 Å². The monoisotopic (exact) mass is 195 g/mol. The molecule has 0 spiro atoms. The Morgan fingerprint density at radius 2 is 2.14 bits per heavy atom. The minimum absolute atomic E-state index is 0.579. The van der Waals surface area contributed by atoms with Crippen molar-refractivity contribution in [3.05, 3.63) is 18.0 Å². The van der Waals surface area contributed by atoms with Crippen LogP contribution >= 0.6 is 0 Å². The first-order valence-electron chi connectivity index (χ1n) is 5.29. The summed E-state index contributed by atoms with van der Waals surface area (Å²) in [4.78, 5) is 0. The van der Waals surface area contributed by atoms with Crippen LogP contribution in [0.2, 0.25) is 0 Å². The van der Waals surface area contributed by atoms with Gasteiger partial charge in [0.05, 0.1) is 6.20 Å². The molecule has 3 nitrogen and oxygen atoms in total. The van der Waals surface area contributed by atoms with Crippen LogP contribution in [0.5, 0.6) is 0 Å². The van der Waals surface area contributed by atoms with Crippen LogP contribution in [0.4, 0.5) is 0 Å². The summed E-state index contributed by atoms with van der Waals surface area (Å²) in [5.74, 6) is 0.756. The van der Waals surface area contributed by atoms with Gasteiger partial charge in [0.2, 0.25) is 0 Å². The maximum atomic E-state index is 4.13. The predicted octanol–water partition coefficient (Wildman–Crippen LogP) is 1.94. The van der Waals surface area contributed by atoms with Gasteiger partial charge in [0, 0.05) is 31.4 Å². The smallest absolute Gasteiger partial charge is 0.0534 e. The Balaban J connectivity index is 2.26. The average molecular weight is 195 g/mol. The summed E-state index contributed by atoms with van der Waals surface area (Å²) in [5, 5.41) is 7.62. The van der Waals surface area contributed by atoms with Crippen LogP contribution in [0.1, 0.15) is 32.8 Å². The molecule has 1 rings (SSSR count). The van der Waals surface area contributed by atoms with Gasteiger partial charge in [-0.15, -0.1) is 0 Å². The molecule has 0 saturated carbocycles. The molecule has 0 bridgehead atoms. The van der Waals surface area contributed by atoms with Gasteiger partial charge >= 0.3 is 0 Å². The van der Waals surface area contributed by atoms with E-state index in [9.17, 15) is 0 Å². The zero-order valence-corrected chi connectivity index (χ0v) is 9.62. The summed E-state index contributed by atoms with van der Waals surface area (Å²) in [6, 6.07) is 0.579. The molecule has 0 aliphatic heterocycles. The van der Waals surface area contributed by atoms with Gasteiger partial charge in [-0.2, -0.15) is 5.10 Å². The topological polar surface area (TPSA) is 29.9 Å². The van der Waals surface area contributed by atoms with Crippen molar-refractivity contribution in [1.29, 1.82) is 0 Å². The predicted molar refractivity (Wildman–Crippen MR) is 59.0 cm³/mol. The van der Waals surface area contributed by atoms with E-state index in [1.54, 1.807) is 0 Å². The first kappa shape index (κ1) is 11.2. The summed E-state index contributed by atoms with van der Waals surface area (Å²) in [6.45, 7) is 7.66. The second kappa shape index (κ2) is 5.15. The molecule has 0 saturated heterocycles. The molecule has 1 aromatic heterocycles. The minimum atomic E-state index is 0.579. The van der Waals surface area contributed by atoms with Crippen LogP contribution in [0, 0.1) is 5.92 Å². The number of nitrogens with zero attached hydrogens (tertiary/aromatic N) is 2. The Hall–Kier alpha value is -0.830. The molecule has 0 radical (unpaired) electrons. The van der Waals surface area contributed by atoms with E-state index < -0.39 is 0 Å². The zero-order chi connectivity index (χ0) is 10.6. The van der Waals surface area contributed by atoms with Gasteiger partial charge in [0.1, 0.15) is 0 Å². The highest BCUT2D eigenvalue weighted by molar-refractivity contribution is 5.02. The van der Waals surface area contributed by atoms with E-state index >= 15 is 0 Å².